The van der Waals surface area contributed by atoms with E-state index in [2.05, 4.69) is 0 Å². The van der Waals surface area contributed by atoms with Crippen LogP contribution in [0.1, 0.15) is 5.56 Å². The number of Topliss-reactive ketones (excluding diaryl/α,β-unsaturated/α-hetero) is 1. The van der Waals surface area contributed by atoms with Gasteiger partial charge in [-0.1, -0.05) is 0 Å². The summed E-state index contributed by atoms with van der Waals surface area (Å²) in [6.45, 7) is 0. The molecule has 6 heteroatoms. The summed E-state index contributed by atoms with van der Waals surface area (Å²) < 4.78 is 15.0. The van der Waals surface area contributed by atoms with Crippen LogP contribution in [-0.2, 0) is 14.3 Å². The average Bonchev–Trinajstić information content (AvgIpc) is 2.49. The van der Waals surface area contributed by atoms with Crippen molar-refractivity contribution in [2.45, 2.75) is 0 Å². The van der Waals surface area contributed by atoms with Gasteiger partial charge >= 0.3 is 0 Å². The number of ketones is 2. The van der Waals surface area contributed by atoms with Gasteiger partial charge in [-0.25, -0.2) is 0 Å². The largest absolute Gasteiger partial charge is 0.502 e. The molecule has 0 radical (unpaired) electrons. The maximum Gasteiger partial charge on any atom is 0.228 e. The van der Waals surface area contributed by atoms with Crippen LogP contribution in [-0.4, -0.2) is 38.0 Å². The second-order valence-electron chi connectivity index (χ2n) is 4.23. The van der Waals surface area contributed by atoms with Gasteiger partial charge in [0, 0.05) is 11.6 Å². The molecular formula is C15H14O6. The molecule has 0 unspecified atom stereocenters. The van der Waals surface area contributed by atoms with Crippen LogP contribution >= 0.6 is 0 Å². The number of carbonyl (C=O) groups excluding carboxylic acids is 2. The normalized spacial score (nSPS) is 14.4. The topological polar surface area (TPSA) is 82.1 Å². The van der Waals surface area contributed by atoms with Crippen molar-refractivity contribution >= 4 is 17.1 Å². The number of rotatable bonds is 4. The Morgan fingerprint density at radius 2 is 1.48 bits per heavy atom. The number of phenolic OH excluding ortho intramolecular Hbond substituents is 1. The Balaban J connectivity index is 2.56. The molecule has 110 valence electrons. The molecule has 0 spiro atoms. The molecule has 6 nitrogen and oxygen atoms in total. The second kappa shape index (κ2) is 5.70. The molecule has 1 aliphatic rings. The van der Waals surface area contributed by atoms with Crippen molar-refractivity contribution in [3.8, 4) is 17.2 Å². The van der Waals surface area contributed by atoms with Crippen molar-refractivity contribution in [3.63, 3.8) is 0 Å². The predicted molar refractivity (Wildman–Crippen MR) is 74.3 cm³/mol. The van der Waals surface area contributed by atoms with E-state index in [0.717, 1.165) is 6.08 Å². The summed E-state index contributed by atoms with van der Waals surface area (Å²) in [5.74, 6) is -0.720. The molecule has 0 heterocycles. The van der Waals surface area contributed by atoms with Gasteiger partial charge in [-0.2, -0.15) is 0 Å². The van der Waals surface area contributed by atoms with Crippen LogP contribution in [0.25, 0.3) is 5.57 Å². The van der Waals surface area contributed by atoms with Gasteiger partial charge < -0.3 is 19.3 Å². The van der Waals surface area contributed by atoms with E-state index in [1.54, 1.807) is 0 Å². The highest BCUT2D eigenvalue weighted by Gasteiger charge is 2.25. The van der Waals surface area contributed by atoms with Crippen molar-refractivity contribution in [2.24, 2.45) is 0 Å². The van der Waals surface area contributed by atoms with Crippen molar-refractivity contribution in [1.29, 1.82) is 0 Å². The van der Waals surface area contributed by atoms with Gasteiger partial charge in [-0.05, 0) is 23.8 Å². The minimum Gasteiger partial charge on any atom is -0.502 e. The SMILES string of the molecule is COC1=CC(=O)C=C(c2cc(OC)c(O)c(OC)c2)C1=O. The number of phenols is 1. The van der Waals surface area contributed by atoms with E-state index in [-0.39, 0.29) is 34.4 Å². The van der Waals surface area contributed by atoms with Crippen LogP contribution in [0.4, 0.5) is 0 Å². The summed E-state index contributed by atoms with van der Waals surface area (Å²) in [6.07, 6.45) is 2.33. The van der Waals surface area contributed by atoms with Crippen LogP contribution in [0.3, 0.4) is 0 Å². The Hall–Kier alpha value is -2.76. The molecular weight excluding hydrogens is 276 g/mol. The molecule has 21 heavy (non-hydrogen) atoms. The van der Waals surface area contributed by atoms with Crippen LogP contribution in [0.5, 0.6) is 17.2 Å². The monoisotopic (exact) mass is 290 g/mol. The van der Waals surface area contributed by atoms with E-state index < -0.39 is 5.78 Å². The summed E-state index contributed by atoms with van der Waals surface area (Å²) in [4.78, 5) is 23.9. The van der Waals surface area contributed by atoms with E-state index in [0.29, 0.717) is 5.56 Å². The third kappa shape index (κ3) is 2.60. The Bertz CT molecular complexity index is 644. The first kappa shape index (κ1) is 14.6. The van der Waals surface area contributed by atoms with Crippen LogP contribution in [0.15, 0.2) is 30.0 Å². The van der Waals surface area contributed by atoms with E-state index >= 15 is 0 Å². The van der Waals surface area contributed by atoms with Gasteiger partial charge in [0.1, 0.15) is 0 Å². The van der Waals surface area contributed by atoms with Gasteiger partial charge in [-0.15, -0.1) is 0 Å². The van der Waals surface area contributed by atoms with Crippen LogP contribution < -0.4 is 9.47 Å². The van der Waals surface area contributed by atoms with E-state index in [1.807, 2.05) is 0 Å². The van der Waals surface area contributed by atoms with E-state index in [4.69, 9.17) is 14.2 Å². The standard InChI is InChI=1S/C15H14O6/c1-19-11-4-8(5-12(20-2)15(11)18)10-6-9(16)7-13(21-3)14(10)17/h4-7,18H,1-3H3. The molecule has 0 saturated heterocycles. The highest BCUT2D eigenvalue weighted by molar-refractivity contribution is 6.35. The third-order valence-electron chi connectivity index (χ3n) is 3.04. The van der Waals surface area contributed by atoms with Gasteiger partial charge in [0.05, 0.1) is 21.3 Å². The maximum absolute atomic E-state index is 12.2. The first-order chi connectivity index (χ1) is 10.0. The van der Waals surface area contributed by atoms with Crippen LogP contribution in [0.2, 0.25) is 0 Å². The summed E-state index contributed by atoms with van der Waals surface area (Å²) in [7, 11) is 4.07. The first-order valence-corrected chi connectivity index (χ1v) is 6.03. The molecule has 1 aliphatic carbocycles. The number of methoxy groups -OCH3 is 3. The minimum atomic E-state index is -0.424. The third-order valence-corrected chi connectivity index (χ3v) is 3.04. The lowest BCUT2D eigenvalue weighted by atomic mass is 9.94. The first-order valence-electron chi connectivity index (χ1n) is 6.03. The number of hydrogen-bond donors (Lipinski definition) is 1. The molecule has 0 bridgehead atoms. The van der Waals surface area contributed by atoms with E-state index in [9.17, 15) is 14.7 Å². The molecule has 0 amide bonds. The molecule has 0 aliphatic heterocycles. The zero-order valence-electron chi connectivity index (χ0n) is 11.8. The van der Waals surface area contributed by atoms with Crippen molar-refractivity contribution in [2.75, 3.05) is 21.3 Å². The Morgan fingerprint density at radius 3 is 1.95 bits per heavy atom. The number of benzene rings is 1. The molecule has 0 aromatic heterocycles. The van der Waals surface area contributed by atoms with Gasteiger partial charge in [0.25, 0.3) is 0 Å². The molecule has 1 aromatic carbocycles. The average molecular weight is 290 g/mol. The number of carbonyl (C=O) groups is 2. The molecule has 0 saturated carbocycles. The lowest BCUT2D eigenvalue weighted by Gasteiger charge is -2.15. The van der Waals surface area contributed by atoms with Crippen molar-refractivity contribution < 1.29 is 28.9 Å². The van der Waals surface area contributed by atoms with Crippen molar-refractivity contribution in [3.05, 3.63) is 35.6 Å². The predicted octanol–water partition coefficient (Wildman–Crippen LogP) is 1.47. The maximum atomic E-state index is 12.2. The fourth-order valence-electron chi connectivity index (χ4n) is 1.99. The number of aromatic hydroxyl groups is 1. The van der Waals surface area contributed by atoms with Gasteiger partial charge in [0.2, 0.25) is 11.5 Å². The van der Waals surface area contributed by atoms with Gasteiger partial charge in [0.15, 0.2) is 23.0 Å². The Labute approximate surface area is 121 Å². The van der Waals surface area contributed by atoms with Crippen molar-refractivity contribution in [1.82, 2.24) is 0 Å². The fraction of sp³-hybridized carbons (Fsp3) is 0.200. The summed E-state index contributed by atoms with van der Waals surface area (Å²) in [6, 6.07) is 2.90. The molecule has 0 fully saturated rings. The highest BCUT2D eigenvalue weighted by Crippen LogP contribution is 2.39. The molecule has 1 N–H and O–H groups in total. The lowest BCUT2D eigenvalue weighted by Crippen LogP contribution is -2.14. The summed E-state index contributed by atoms with van der Waals surface area (Å²) in [5, 5.41) is 9.87. The van der Waals surface area contributed by atoms with E-state index in [1.165, 1.54) is 39.5 Å². The summed E-state index contributed by atoms with van der Waals surface area (Å²) >= 11 is 0. The Kier molecular flexibility index (Phi) is 3.98. The number of ether oxygens (including phenoxy) is 3. The minimum absolute atomic E-state index is 0.0384. The zero-order chi connectivity index (χ0) is 15.6. The quantitative estimate of drug-likeness (QED) is 0.846. The smallest absolute Gasteiger partial charge is 0.228 e. The molecule has 0 atom stereocenters. The highest BCUT2D eigenvalue weighted by atomic mass is 16.5. The van der Waals surface area contributed by atoms with Gasteiger partial charge in [-0.3, -0.25) is 9.59 Å². The number of hydrogen-bond acceptors (Lipinski definition) is 6. The Morgan fingerprint density at radius 1 is 0.905 bits per heavy atom. The number of allylic oxidation sites excluding steroid dienone is 3. The van der Waals surface area contributed by atoms with Crippen LogP contribution in [0, 0.1) is 0 Å². The fourth-order valence-corrected chi connectivity index (χ4v) is 1.99. The zero-order valence-corrected chi connectivity index (χ0v) is 11.8. The molecule has 2 rings (SSSR count). The summed E-state index contributed by atoms with van der Waals surface area (Å²) in [5.41, 5.74) is 0.540. The molecule has 1 aromatic rings. The second-order valence-corrected chi connectivity index (χ2v) is 4.23. The lowest BCUT2D eigenvalue weighted by molar-refractivity contribution is -0.116.